The first-order chi connectivity index (χ1) is 15.5. The van der Waals surface area contributed by atoms with Crippen LogP contribution in [0.5, 0.6) is 0 Å². The van der Waals surface area contributed by atoms with Crippen LogP contribution in [0.15, 0.2) is 0 Å². The second-order valence-electron chi connectivity index (χ2n) is 10.7. The number of aliphatic hydroxyl groups is 1. The van der Waals surface area contributed by atoms with Gasteiger partial charge in [-0.25, -0.2) is 0 Å². The molecule has 0 bridgehead atoms. The van der Waals surface area contributed by atoms with Crippen molar-refractivity contribution in [3.8, 4) is 0 Å². The van der Waals surface area contributed by atoms with Crippen LogP contribution >= 0.6 is 0 Å². The zero-order chi connectivity index (χ0) is 23.9. The second kappa shape index (κ2) is 22.7. The minimum absolute atomic E-state index is 0.137. The first-order valence-electron chi connectivity index (χ1n) is 15.0. The molecule has 2 heteroatoms. The van der Waals surface area contributed by atoms with Crippen LogP contribution in [0.2, 0.25) is 0 Å². The number of hydrogen-bond acceptors (Lipinski definition) is 2. The normalized spacial score (nSPS) is 15.6. The van der Waals surface area contributed by atoms with Gasteiger partial charge < -0.3 is 10.8 Å². The Bertz CT molecular complexity index is 370. The van der Waals surface area contributed by atoms with E-state index in [1.54, 1.807) is 0 Å². The molecule has 0 saturated heterocycles. The molecule has 194 valence electrons. The summed E-state index contributed by atoms with van der Waals surface area (Å²) in [5, 5.41) is 10.9. The number of hydrogen-bond donors (Lipinski definition) is 2. The van der Waals surface area contributed by atoms with Crippen LogP contribution in [0, 0.1) is 5.92 Å². The van der Waals surface area contributed by atoms with E-state index in [-0.39, 0.29) is 6.04 Å². The molecular formula is C30H63NO. The largest absolute Gasteiger partial charge is 0.388 e. The van der Waals surface area contributed by atoms with Gasteiger partial charge in [0.15, 0.2) is 0 Å². The van der Waals surface area contributed by atoms with Gasteiger partial charge in [0.05, 0.1) is 5.60 Å². The van der Waals surface area contributed by atoms with Gasteiger partial charge in [-0.1, -0.05) is 156 Å². The fourth-order valence-electron chi connectivity index (χ4n) is 5.44. The summed E-state index contributed by atoms with van der Waals surface area (Å²) in [5.41, 5.74) is 5.41. The highest BCUT2D eigenvalue weighted by molar-refractivity contribution is 4.91. The van der Waals surface area contributed by atoms with Crippen molar-refractivity contribution in [3.63, 3.8) is 0 Å². The first-order valence-corrected chi connectivity index (χ1v) is 15.0. The van der Waals surface area contributed by atoms with Crippen LogP contribution in [-0.4, -0.2) is 16.7 Å². The molecule has 32 heavy (non-hydrogen) atoms. The lowest BCUT2D eigenvalue weighted by atomic mass is 9.76. The van der Waals surface area contributed by atoms with Gasteiger partial charge in [0, 0.05) is 6.04 Å². The Morgan fingerprint density at radius 1 is 0.562 bits per heavy atom. The van der Waals surface area contributed by atoms with E-state index in [0.29, 0.717) is 5.92 Å². The molecule has 0 aromatic heterocycles. The van der Waals surface area contributed by atoms with Gasteiger partial charge in [0.2, 0.25) is 0 Å². The third-order valence-corrected chi connectivity index (χ3v) is 7.96. The van der Waals surface area contributed by atoms with Gasteiger partial charge in [-0.2, -0.15) is 0 Å². The Hall–Kier alpha value is -0.0800. The Labute approximate surface area is 203 Å². The maximum atomic E-state index is 10.9. The molecule has 0 aliphatic heterocycles. The molecule has 0 aromatic carbocycles. The molecule has 0 aliphatic rings. The van der Waals surface area contributed by atoms with Crippen LogP contribution in [-0.2, 0) is 0 Å². The SMILES string of the molecule is CCCCCCCCCCCCCCCCCCCCCCC(CC)C(O)(CC)C(C)N. The maximum Gasteiger partial charge on any atom is 0.0820 e. The van der Waals surface area contributed by atoms with Crippen LogP contribution in [0.4, 0.5) is 0 Å². The Balaban J connectivity index is 3.36. The molecule has 0 radical (unpaired) electrons. The molecule has 0 heterocycles. The van der Waals surface area contributed by atoms with Gasteiger partial charge in [0.1, 0.15) is 0 Å². The molecule has 3 unspecified atom stereocenters. The number of unbranched alkanes of at least 4 members (excludes halogenated alkanes) is 19. The highest BCUT2D eigenvalue weighted by atomic mass is 16.3. The van der Waals surface area contributed by atoms with E-state index in [0.717, 1.165) is 19.3 Å². The molecule has 0 saturated carbocycles. The summed E-state index contributed by atoms with van der Waals surface area (Å²) < 4.78 is 0. The zero-order valence-corrected chi connectivity index (χ0v) is 22.9. The van der Waals surface area contributed by atoms with Crippen molar-refractivity contribution in [1.29, 1.82) is 0 Å². The van der Waals surface area contributed by atoms with Crippen molar-refractivity contribution in [1.82, 2.24) is 0 Å². The van der Waals surface area contributed by atoms with Crippen molar-refractivity contribution in [2.24, 2.45) is 11.7 Å². The Morgan fingerprint density at radius 2 is 0.875 bits per heavy atom. The maximum absolute atomic E-state index is 10.9. The monoisotopic (exact) mass is 453 g/mol. The topological polar surface area (TPSA) is 46.2 Å². The zero-order valence-electron chi connectivity index (χ0n) is 22.9. The van der Waals surface area contributed by atoms with Gasteiger partial charge in [0.25, 0.3) is 0 Å². The van der Waals surface area contributed by atoms with Crippen molar-refractivity contribution in [2.75, 3.05) is 0 Å². The standard InChI is InChI=1S/C30H63NO/c1-5-8-9-10-11-12-13-14-15-16-17-18-19-20-21-22-23-24-25-26-27-29(6-2)30(32,7-3)28(4)31/h28-29,32H,5-27,31H2,1-4H3. The van der Waals surface area contributed by atoms with E-state index in [4.69, 9.17) is 5.73 Å². The summed E-state index contributed by atoms with van der Waals surface area (Å²) in [6.45, 7) is 8.53. The third-order valence-electron chi connectivity index (χ3n) is 7.96. The first kappa shape index (κ1) is 31.9. The third kappa shape index (κ3) is 16.5. The molecular weight excluding hydrogens is 390 g/mol. The highest BCUT2D eigenvalue weighted by Crippen LogP contribution is 2.31. The van der Waals surface area contributed by atoms with Crippen LogP contribution in [0.25, 0.3) is 0 Å². The van der Waals surface area contributed by atoms with Crippen LogP contribution in [0.1, 0.15) is 175 Å². The lowest BCUT2D eigenvalue weighted by Gasteiger charge is -2.38. The number of rotatable bonds is 25. The molecule has 0 spiro atoms. The van der Waals surface area contributed by atoms with Crippen LogP contribution < -0.4 is 5.73 Å². The summed E-state index contributed by atoms with van der Waals surface area (Å²) >= 11 is 0. The predicted molar refractivity (Wildman–Crippen MR) is 145 cm³/mol. The molecule has 3 N–H and O–H groups in total. The molecule has 0 aliphatic carbocycles. The molecule has 0 fully saturated rings. The molecule has 2 nitrogen and oxygen atoms in total. The van der Waals surface area contributed by atoms with Crippen molar-refractivity contribution >= 4 is 0 Å². The summed E-state index contributed by atoms with van der Waals surface area (Å²) in [6, 6.07) is -0.137. The minimum Gasteiger partial charge on any atom is -0.388 e. The average molecular weight is 454 g/mol. The second-order valence-corrected chi connectivity index (χ2v) is 10.7. The van der Waals surface area contributed by atoms with E-state index in [2.05, 4.69) is 20.8 Å². The Morgan fingerprint density at radius 3 is 1.12 bits per heavy atom. The smallest absolute Gasteiger partial charge is 0.0820 e. The van der Waals surface area contributed by atoms with E-state index >= 15 is 0 Å². The molecule has 3 atom stereocenters. The quantitative estimate of drug-likeness (QED) is 0.135. The summed E-state index contributed by atoms with van der Waals surface area (Å²) in [5.74, 6) is 0.350. The van der Waals surface area contributed by atoms with E-state index in [1.807, 2.05) is 6.92 Å². The van der Waals surface area contributed by atoms with Crippen LogP contribution in [0.3, 0.4) is 0 Å². The lowest BCUT2D eigenvalue weighted by molar-refractivity contribution is -0.0454. The molecule has 0 amide bonds. The van der Waals surface area contributed by atoms with E-state index in [1.165, 1.54) is 128 Å². The fraction of sp³-hybridized carbons (Fsp3) is 1.00. The van der Waals surface area contributed by atoms with Gasteiger partial charge in [-0.3, -0.25) is 0 Å². The summed E-state index contributed by atoms with van der Waals surface area (Å²) in [4.78, 5) is 0. The van der Waals surface area contributed by atoms with E-state index in [9.17, 15) is 5.11 Å². The summed E-state index contributed by atoms with van der Waals surface area (Å²) in [6.07, 6.45) is 31.4. The van der Waals surface area contributed by atoms with Crippen molar-refractivity contribution in [3.05, 3.63) is 0 Å². The Kier molecular flexibility index (Phi) is 22.6. The average Bonchev–Trinajstić information content (AvgIpc) is 2.79. The van der Waals surface area contributed by atoms with E-state index < -0.39 is 5.60 Å². The van der Waals surface area contributed by atoms with Gasteiger partial charge in [-0.15, -0.1) is 0 Å². The van der Waals surface area contributed by atoms with Gasteiger partial charge >= 0.3 is 0 Å². The lowest BCUT2D eigenvalue weighted by Crippen LogP contribution is -2.51. The summed E-state index contributed by atoms with van der Waals surface area (Å²) in [7, 11) is 0. The predicted octanol–water partition coefficient (Wildman–Crippen LogP) is 9.71. The van der Waals surface area contributed by atoms with Gasteiger partial charge in [-0.05, 0) is 25.7 Å². The van der Waals surface area contributed by atoms with Crippen molar-refractivity contribution in [2.45, 2.75) is 187 Å². The minimum atomic E-state index is -0.678. The highest BCUT2D eigenvalue weighted by Gasteiger charge is 2.36. The molecule has 0 rings (SSSR count). The number of nitrogens with two attached hydrogens (primary N) is 1. The molecule has 0 aromatic rings. The fourth-order valence-corrected chi connectivity index (χ4v) is 5.44. The van der Waals surface area contributed by atoms with Crippen molar-refractivity contribution < 1.29 is 5.11 Å².